The normalized spacial score (nSPS) is 11.9. The van der Waals surface area contributed by atoms with Gasteiger partial charge in [0.15, 0.2) is 0 Å². The number of rotatable bonds is 7. The van der Waals surface area contributed by atoms with Crippen molar-refractivity contribution in [2.45, 2.75) is 25.3 Å². The van der Waals surface area contributed by atoms with Crippen LogP contribution in [0.5, 0.6) is 0 Å². The van der Waals surface area contributed by atoms with E-state index in [1.54, 1.807) is 12.1 Å². The third-order valence-corrected chi connectivity index (χ3v) is 2.69. The van der Waals surface area contributed by atoms with Crippen molar-refractivity contribution < 1.29 is 19.1 Å². The van der Waals surface area contributed by atoms with Crippen LogP contribution in [0.4, 0.5) is 4.39 Å². The maximum absolute atomic E-state index is 12.7. The number of aryl methyl sites for hydroxylation is 1. The van der Waals surface area contributed by atoms with Crippen molar-refractivity contribution in [1.29, 1.82) is 0 Å². The highest BCUT2D eigenvalue weighted by Gasteiger charge is 2.18. The van der Waals surface area contributed by atoms with Crippen LogP contribution in [0.3, 0.4) is 0 Å². The lowest BCUT2D eigenvalue weighted by Crippen LogP contribution is -2.43. The molecule has 0 heterocycles. The molecule has 0 aliphatic carbocycles. The Morgan fingerprint density at radius 1 is 1.32 bits per heavy atom. The molecular formula is C13H17FN2O3. The van der Waals surface area contributed by atoms with Crippen molar-refractivity contribution >= 4 is 11.9 Å². The monoisotopic (exact) mass is 268 g/mol. The molecule has 0 radical (unpaired) electrons. The highest BCUT2D eigenvalue weighted by Crippen LogP contribution is 2.08. The van der Waals surface area contributed by atoms with E-state index in [0.717, 1.165) is 5.56 Å². The van der Waals surface area contributed by atoms with Gasteiger partial charge >= 0.3 is 5.97 Å². The van der Waals surface area contributed by atoms with Crippen LogP contribution in [-0.4, -0.2) is 29.6 Å². The van der Waals surface area contributed by atoms with E-state index in [1.165, 1.54) is 12.1 Å². The molecule has 4 N–H and O–H groups in total. The molecule has 0 aliphatic rings. The molecule has 0 saturated heterocycles. The molecule has 6 heteroatoms. The average molecular weight is 268 g/mol. The van der Waals surface area contributed by atoms with Gasteiger partial charge in [0.25, 0.3) is 0 Å². The minimum absolute atomic E-state index is 0.234. The van der Waals surface area contributed by atoms with Crippen LogP contribution in [0, 0.1) is 5.82 Å². The Hall–Kier alpha value is -1.95. The number of benzene rings is 1. The highest BCUT2D eigenvalue weighted by molar-refractivity contribution is 5.84. The second-order valence-electron chi connectivity index (χ2n) is 4.18. The molecule has 0 bridgehead atoms. The van der Waals surface area contributed by atoms with E-state index in [0.29, 0.717) is 19.3 Å². The highest BCUT2D eigenvalue weighted by atomic mass is 19.1. The summed E-state index contributed by atoms with van der Waals surface area (Å²) in [4.78, 5) is 22.0. The number of hydrogen-bond donors (Lipinski definition) is 3. The Balaban J connectivity index is 2.42. The van der Waals surface area contributed by atoms with E-state index in [4.69, 9.17) is 10.8 Å². The molecule has 104 valence electrons. The molecule has 1 aromatic carbocycles. The van der Waals surface area contributed by atoms with Crippen molar-refractivity contribution in [3.05, 3.63) is 35.6 Å². The first-order chi connectivity index (χ1) is 9.02. The number of carbonyl (C=O) groups excluding carboxylic acids is 1. The lowest BCUT2D eigenvalue weighted by atomic mass is 10.0. The van der Waals surface area contributed by atoms with Crippen LogP contribution in [0.25, 0.3) is 0 Å². The quantitative estimate of drug-likeness (QED) is 0.678. The van der Waals surface area contributed by atoms with Gasteiger partial charge in [0, 0.05) is 0 Å². The molecule has 1 unspecified atom stereocenters. The topological polar surface area (TPSA) is 92.4 Å². The summed E-state index contributed by atoms with van der Waals surface area (Å²) in [7, 11) is 0. The number of aliphatic carboxylic acids is 1. The van der Waals surface area contributed by atoms with Crippen molar-refractivity contribution in [3.8, 4) is 0 Å². The van der Waals surface area contributed by atoms with Crippen LogP contribution in [-0.2, 0) is 16.0 Å². The van der Waals surface area contributed by atoms with E-state index in [2.05, 4.69) is 5.32 Å². The summed E-state index contributed by atoms with van der Waals surface area (Å²) in [5, 5.41) is 11.3. The lowest BCUT2D eigenvalue weighted by molar-refractivity contribution is -0.141. The largest absolute Gasteiger partial charge is 0.480 e. The Kier molecular flexibility index (Phi) is 5.95. The predicted octanol–water partition coefficient (Wildman–Crippen LogP) is 0.676. The van der Waals surface area contributed by atoms with E-state index < -0.39 is 17.9 Å². The van der Waals surface area contributed by atoms with Gasteiger partial charge in [-0.3, -0.25) is 4.79 Å². The molecule has 0 aromatic heterocycles. The van der Waals surface area contributed by atoms with E-state index in [1.807, 2.05) is 0 Å². The van der Waals surface area contributed by atoms with Gasteiger partial charge in [0.1, 0.15) is 11.9 Å². The third kappa shape index (κ3) is 5.48. The Morgan fingerprint density at radius 2 is 1.95 bits per heavy atom. The zero-order valence-electron chi connectivity index (χ0n) is 10.4. The zero-order valence-corrected chi connectivity index (χ0v) is 10.4. The van der Waals surface area contributed by atoms with Gasteiger partial charge in [0.2, 0.25) is 5.91 Å². The van der Waals surface area contributed by atoms with Gasteiger partial charge in [-0.2, -0.15) is 0 Å². The van der Waals surface area contributed by atoms with Crippen LogP contribution in [0.2, 0.25) is 0 Å². The number of nitrogens with two attached hydrogens (primary N) is 1. The average Bonchev–Trinajstić information content (AvgIpc) is 2.39. The summed E-state index contributed by atoms with van der Waals surface area (Å²) < 4.78 is 12.7. The summed E-state index contributed by atoms with van der Waals surface area (Å²) >= 11 is 0. The number of hydrogen-bond acceptors (Lipinski definition) is 3. The minimum atomic E-state index is -1.08. The van der Waals surface area contributed by atoms with Gasteiger partial charge in [0.05, 0.1) is 6.54 Å². The van der Waals surface area contributed by atoms with E-state index >= 15 is 0 Å². The second kappa shape index (κ2) is 7.48. The molecule has 0 fully saturated rings. The van der Waals surface area contributed by atoms with Crippen LogP contribution >= 0.6 is 0 Å². The number of nitrogens with one attached hydrogen (secondary N) is 1. The van der Waals surface area contributed by atoms with Gasteiger partial charge < -0.3 is 16.2 Å². The number of carbonyl (C=O) groups is 2. The molecular weight excluding hydrogens is 251 g/mol. The first-order valence-corrected chi connectivity index (χ1v) is 5.99. The smallest absolute Gasteiger partial charge is 0.326 e. The lowest BCUT2D eigenvalue weighted by Gasteiger charge is -2.13. The van der Waals surface area contributed by atoms with E-state index in [9.17, 15) is 14.0 Å². The van der Waals surface area contributed by atoms with E-state index in [-0.39, 0.29) is 12.4 Å². The molecule has 1 rings (SSSR count). The van der Waals surface area contributed by atoms with Crippen molar-refractivity contribution in [2.24, 2.45) is 5.73 Å². The Labute approximate surface area is 110 Å². The fraction of sp³-hybridized carbons (Fsp3) is 0.385. The number of halogens is 1. The summed E-state index contributed by atoms with van der Waals surface area (Å²) in [5.74, 6) is -1.88. The fourth-order valence-corrected chi connectivity index (χ4v) is 1.67. The zero-order chi connectivity index (χ0) is 14.3. The van der Waals surface area contributed by atoms with Gasteiger partial charge in [-0.15, -0.1) is 0 Å². The number of carboxylic acids is 1. The standard InChI is InChI=1S/C13H17FN2O3/c14-10-6-4-9(5-7-10)2-1-3-11(13(18)19)16-12(17)8-15/h4-7,11H,1-3,8,15H2,(H,16,17)(H,18,19). The predicted molar refractivity (Wildman–Crippen MR) is 68.0 cm³/mol. The van der Waals surface area contributed by atoms with Gasteiger partial charge in [-0.1, -0.05) is 12.1 Å². The molecule has 0 spiro atoms. The maximum Gasteiger partial charge on any atom is 0.326 e. The first-order valence-electron chi connectivity index (χ1n) is 5.99. The fourth-order valence-electron chi connectivity index (χ4n) is 1.67. The summed E-state index contributed by atoms with van der Waals surface area (Å²) in [6.45, 7) is -0.234. The number of amides is 1. The Morgan fingerprint density at radius 3 is 2.47 bits per heavy atom. The van der Waals surface area contributed by atoms with Crippen LogP contribution in [0.1, 0.15) is 18.4 Å². The summed E-state index contributed by atoms with van der Waals surface area (Å²) in [6.07, 6.45) is 1.51. The molecule has 1 atom stereocenters. The number of carboxylic acid groups (broad SMARTS) is 1. The summed E-state index contributed by atoms with van der Waals surface area (Å²) in [6, 6.07) is 5.10. The first kappa shape index (κ1) is 15.1. The molecule has 5 nitrogen and oxygen atoms in total. The van der Waals surface area contributed by atoms with Gasteiger partial charge in [-0.25, -0.2) is 9.18 Å². The van der Waals surface area contributed by atoms with Crippen molar-refractivity contribution in [3.63, 3.8) is 0 Å². The Bertz CT molecular complexity index is 434. The molecule has 0 saturated carbocycles. The molecule has 1 amide bonds. The van der Waals surface area contributed by atoms with Crippen LogP contribution in [0.15, 0.2) is 24.3 Å². The maximum atomic E-state index is 12.7. The van der Waals surface area contributed by atoms with Crippen LogP contribution < -0.4 is 11.1 Å². The minimum Gasteiger partial charge on any atom is -0.480 e. The van der Waals surface area contributed by atoms with Gasteiger partial charge in [-0.05, 0) is 37.0 Å². The molecule has 0 aliphatic heterocycles. The SMILES string of the molecule is NCC(=O)NC(CCCc1ccc(F)cc1)C(=O)O. The van der Waals surface area contributed by atoms with Crippen molar-refractivity contribution in [2.75, 3.05) is 6.54 Å². The second-order valence-corrected chi connectivity index (χ2v) is 4.18. The summed E-state index contributed by atoms with van der Waals surface area (Å²) in [5.41, 5.74) is 6.04. The van der Waals surface area contributed by atoms with Crippen molar-refractivity contribution in [1.82, 2.24) is 5.32 Å². The molecule has 1 aromatic rings. The third-order valence-electron chi connectivity index (χ3n) is 2.69. The molecule has 19 heavy (non-hydrogen) atoms.